The molecule has 0 aliphatic rings. The summed E-state index contributed by atoms with van der Waals surface area (Å²) in [5.41, 5.74) is 5.45. The van der Waals surface area contributed by atoms with Gasteiger partial charge in [0.25, 0.3) is 0 Å². The minimum atomic E-state index is -0.331. The Morgan fingerprint density at radius 3 is 2.06 bits per heavy atom. The molecule has 182 valence electrons. The Balaban J connectivity index is 1.75. The van der Waals surface area contributed by atoms with E-state index in [4.69, 9.17) is 14.5 Å². The highest BCUT2D eigenvalue weighted by atomic mass is 19.1. The van der Waals surface area contributed by atoms with Crippen LogP contribution in [-0.4, -0.2) is 46.7 Å². The molecular weight excluding hydrogens is 462 g/mol. The summed E-state index contributed by atoms with van der Waals surface area (Å²) in [5, 5.41) is 5.41. The van der Waals surface area contributed by atoms with Crippen molar-refractivity contribution in [2.24, 2.45) is 0 Å². The fourth-order valence-corrected chi connectivity index (χ4v) is 4.18. The number of rotatable bonds is 9. The second kappa shape index (κ2) is 10.7. The van der Waals surface area contributed by atoms with Gasteiger partial charge in [0.15, 0.2) is 5.65 Å². The molecule has 2 aromatic carbocycles. The van der Waals surface area contributed by atoms with E-state index in [9.17, 15) is 8.78 Å². The average molecular weight is 487 g/mol. The topological polar surface area (TPSA) is 62.1 Å². The summed E-state index contributed by atoms with van der Waals surface area (Å²) in [6.07, 6.45) is 5.20. The quantitative estimate of drug-likeness (QED) is 0.248. The summed E-state index contributed by atoms with van der Waals surface area (Å²) in [7, 11) is 1.63. The van der Waals surface area contributed by atoms with E-state index < -0.39 is 0 Å². The lowest BCUT2D eigenvalue weighted by molar-refractivity contribution is 0.0658. The number of benzene rings is 2. The first kappa shape index (κ1) is 23.7. The van der Waals surface area contributed by atoms with Gasteiger partial charge in [0.1, 0.15) is 11.6 Å². The Morgan fingerprint density at radius 1 is 0.750 bits per heavy atom. The van der Waals surface area contributed by atoms with Crippen molar-refractivity contribution in [3.63, 3.8) is 0 Å². The third kappa shape index (κ3) is 4.86. The van der Waals surface area contributed by atoms with Crippen molar-refractivity contribution >= 4 is 11.0 Å². The van der Waals surface area contributed by atoms with Gasteiger partial charge in [-0.1, -0.05) is 12.1 Å². The lowest BCUT2D eigenvalue weighted by Gasteiger charge is -2.17. The van der Waals surface area contributed by atoms with Crippen molar-refractivity contribution in [3.05, 3.63) is 90.9 Å². The number of ether oxygens (including phenoxy) is 2. The molecule has 0 radical (unpaired) electrons. The molecule has 5 rings (SSSR count). The predicted octanol–water partition coefficient (Wildman–Crippen LogP) is 5.77. The van der Waals surface area contributed by atoms with Crippen LogP contribution in [0.1, 0.15) is 0 Å². The fourth-order valence-electron chi connectivity index (χ4n) is 4.18. The van der Waals surface area contributed by atoms with Crippen LogP contribution in [0.3, 0.4) is 0 Å². The van der Waals surface area contributed by atoms with Crippen LogP contribution >= 0.6 is 0 Å². The van der Waals surface area contributed by atoms with E-state index in [0.29, 0.717) is 37.7 Å². The monoisotopic (exact) mass is 486 g/mol. The zero-order valence-corrected chi connectivity index (χ0v) is 19.7. The molecule has 3 heterocycles. The molecule has 0 N–H and O–H groups in total. The van der Waals surface area contributed by atoms with Gasteiger partial charge in [-0.15, -0.1) is 0 Å². The van der Waals surface area contributed by atoms with Crippen LogP contribution in [-0.2, 0) is 16.0 Å². The van der Waals surface area contributed by atoms with Crippen molar-refractivity contribution in [1.82, 2.24) is 19.7 Å². The van der Waals surface area contributed by atoms with Gasteiger partial charge in [-0.05, 0) is 59.7 Å². The highest BCUT2D eigenvalue weighted by molar-refractivity contribution is 6.06. The van der Waals surface area contributed by atoms with Gasteiger partial charge < -0.3 is 9.47 Å². The van der Waals surface area contributed by atoms with Gasteiger partial charge >= 0.3 is 0 Å². The molecule has 0 amide bonds. The van der Waals surface area contributed by atoms with Gasteiger partial charge in [-0.25, -0.2) is 18.4 Å². The molecule has 0 aliphatic carbocycles. The van der Waals surface area contributed by atoms with E-state index in [1.165, 1.54) is 24.3 Å². The van der Waals surface area contributed by atoms with E-state index in [0.717, 1.165) is 33.2 Å². The van der Waals surface area contributed by atoms with Crippen LogP contribution in [0.25, 0.3) is 44.5 Å². The van der Waals surface area contributed by atoms with Gasteiger partial charge in [0.2, 0.25) is 0 Å². The summed E-state index contributed by atoms with van der Waals surface area (Å²) >= 11 is 0. The number of fused-ring (bicyclic) bond motifs is 1. The molecule has 0 atom stereocenters. The highest BCUT2D eigenvalue weighted by Gasteiger charge is 2.22. The molecule has 8 heteroatoms. The fraction of sp³-hybridized carbons (Fsp3) is 0.179. The molecule has 6 nitrogen and oxygen atoms in total. The minimum Gasteiger partial charge on any atom is -0.382 e. The van der Waals surface area contributed by atoms with Crippen LogP contribution < -0.4 is 0 Å². The number of hydrogen-bond acceptors (Lipinski definition) is 5. The van der Waals surface area contributed by atoms with Crippen LogP contribution in [0.5, 0.6) is 0 Å². The number of aromatic nitrogens is 4. The third-order valence-corrected chi connectivity index (χ3v) is 5.88. The van der Waals surface area contributed by atoms with Crippen LogP contribution in [0.4, 0.5) is 8.78 Å². The molecule has 0 saturated heterocycles. The van der Waals surface area contributed by atoms with E-state index in [-0.39, 0.29) is 11.6 Å². The Hall–Kier alpha value is -4.01. The smallest absolute Gasteiger partial charge is 0.159 e. The second-order valence-corrected chi connectivity index (χ2v) is 8.17. The first-order valence-corrected chi connectivity index (χ1v) is 11.5. The highest BCUT2D eigenvalue weighted by Crippen LogP contribution is 2.43. The van der Waals surface area contributed by atoms with Crippen molar-refractivity contribution in [2.45, 2.75) is 6.54 Å². The van der Waals surface area contributed by atoms with E-state index in [2.05, 4.69) is 10.1 Å². The minimum absolute atomic E-state index is 0.322. The Kier molecular flexibility index (Phi) is 7.06. The SMILES string of the molecule is COCCOCCn1ncc2c(-c3ccc(F)cc3)c(-c3ccncc3)c(-c3ccc(F)cc3)nc21. The molecule has 0 bridgehead atoms. The lowest BCUT2D eigenvalue weighted by atomic mass is 9.89. The number of hydrogen-bond donors (Lipinski definition) is 0. The van der Waals surface area contributed by atoms with E-state index in [1.807, 2.05) is 12.1 Å². The van der Waals surface area contributed by atoms with E-state index in [1.54, 1.807) is 54.6 Å². The Labute approximate surface area is 207 Å². The molecule has 0 spiro atoms. The lowest BCUT2D eigenvalue weighted by Crippen LogP contribution is -2.11. The maximum Gasteiger partial charge on any atom is 0.159 e. The van der Waals surface area contributed by atoms with Gasteiger partial charge in [0.05, 0.1) is 38.3 Å². The molecule has 5 aromatic rings. The largest absolute Gasteiger partial charge is 0.382 e. The predicted molar refractivity (Wildman–Crippen MR) is 134 cm³/mol. The molecular formula is C28H24F2N4O2. The zero-order valence-electron chi connectivity index (χ0n) is 19.7. The molecule has 0 unspecified atom stereocenters. The summed E-state index contributed by atoms with van der Waals surface area (Å²) in [6.45, 7) is 1.92. The zero-order chi connectivity index (χ0) is 24.9. The summed E-state index contributed by atoms with van der Waals surface area (Å²) in [5.74, 6) is -0.653. The Bertz CT molecular complexity index is 1450. The first-order valence-electron chi connectivity index (χ1n) is 11.5. The maximum absolute atomic E-state index is 13.9. The van der Waals surface area contributed by atoms with Crippen LogP contribution in [0.2, 0.25) is 0 Å². The van der Waals surface area contributed by atoms with Crippen molar-refractivity contribution in [1.29, 1.82) is 0 Å². The van der Waals surface area contributed by atoms with Gasteiger partial charge in [0, 0.05) is 41.6 Å². The van der Waals surface area contributed by atoms with Crippen LogP contribution in [0.15, 0.2) is 79.3 Å². The number of pyridine rings is 2. The third-order valence-electron chi connectivity index (χ3n) is 5.88. The number of halogens is 2. The van der Waals surface area contributed by atoms with Crippen LogP contribution in [0, 0.1) is 11.6 Å². The molecule has 0 aliphatic heterocycles. The molecule has 3 aromatic heterocycles. The maximum atomic E-state index is 13.9. The first-order chi connectivity index (χ1) is 17.7. The van der Waals surface area contributed by atoms with E-state index >= 15 is 0 Å². The summed E-state index contributed by atoms with van der Waals surface area (Å²) in [4.78, 5) is 9.19. The standard InChI is InChI=1S/C28H24F2N4O2/c1-35-16-17-36-15-14-34-28-24(18-32-34)25(19-2-6-22(29)7-3-19)26(20-10-12-31-13-11-20)27(33-28)21-4-8-23(30)9-5-21/h2-13,18H,14-17H2,1H3. The average Bonchev–Trinajstić information content (AvgIpc) is 3.31. The summed E-state index contributed by atoms with van der Waals surface area (Å²) in [6, 6.07) is 16.4. The van der Waals surface area contributed by atoms with Crippen molar-refractivity contribution in [3.8, 4) is 33.5 Å². The molecule has 0 saturated carbocycles. The second-order valence-electron chi connectivity index (χ2n) is 8.17. The molecule has 0 fully saturated rings. The number of methoxy groups -OCH3 is 1. The molecule has 36 heavy (non-hydrogen) atoms. The Morgan fingerprint density at radius 2 is 1.39 bits per heavy atom. The summed E-state index contributed by atoms with van der Waals surface area (Å²) < 4.78 is 40.1. The number of nitrogens with zero attached hydrogens (tertiary/aromatic N) is 4. The van der Waals surface area contributed by atoms with Crippen molar-refractivity contribution < 1.29 is 18.3 Å². The van der Waals surface area contributed by atoms with Gasteiger partial charge in [-0.3, -0.25) is 4.98 Å². The normalized spacial score (nSPS) is 11.3. The van der Waals surface area contributed by atoms with Gasteiger partial charge in [-0.2, -0.15) is 5.10 Å². The van der Waals surface area contributed by atoms with Crippen molar-refractivity contribution in [2.75, 3.05) is 26.9 Å².